The minimum absolute atomic E-state index is 0.410. The van der Waals surface area contributed by atoms with Crippen molar-refractivity contribution in [3.63, 3.8) is 0 Å². The second-order valence-corrected chi connectivity index (χ2v) is 3.91. The summed E-state index contributed by atoms with van der Waals surface area (Å²) < 4.78 is 1.74. The largest absolute Gasteiger partial charge is 0.389 e. The summed E-state index contributed by atoms with van der Waals surface area (Å²) in [5.41, 5.74) is 8.31. The minimum atomic E-state index is 0.410. The number of benzene rings is 1. The van der Waals surface area contributed by atoms with Crippen molar-refractivity contribution >= 4 is 28.6 Å². The summed E-state index contributed by atoms with van der Waals surface area (Å²) in [5, 5.41) is 7.30. The van der Waals surface area contributed by atoms with E-state index >= 15 is 0 Å². The molecule has 2 rings (SSSR count). The van der Waals surface area contributed by atoms with Gasteiger partial charge in [-0.25, -0.2) is 0 Å². The third-order valence-electron chi connectivity index (χ3n) is 2.16. The first-order valence-electron chi connectivity index (χ1n) is 4.81. The van der Waals surface area contributed by atoms with Crippen LogP contribution in [-0.4, -0.2) is 14.8 Å². The minimum Gasteiger partial charge on any atom is -0.389 e. The number of nitrogens with two attached hydrogens (primary N) is 1. The van der Waals surface area contributed by atoms with Crippen LogP contribution in [0.15, 0.2) is 36.7 Å². The Bertz CT molecular complexity index is 501. The predicted molar refractivity (Wildman–Crippen MR) is 68.8 cm³/mol. The molecule has 0 fully saturated rings. The molecule has 0 bridgehead atoms. The topological polar surface area (TPSA) is 55.9 Å². The lowest BCUT2D eigenvalue weighted by molar-refractivity contribution is 0.768. The van der Waals surface area contributed by atoms with Crippen molar-refractivity contribution in [1.82, 2.24) is 9.78 Å². The average molecular weight is 232 g/mol. The van der Waals surface area contributed by atoms with Crippen LogP contribution in [-0.2, 0) is 7.05 Å². The van der Waals surface area contributed by atoms with E-state index in [0.717, 1.165) is 16.9 Å². The first-order chi connectivity index (χ1) is 7.65. The molecule has 16 heavy (non-hydrogen) atoms. The van der Waals surface area contributed by atoms with Crippen molar-refractivity contribution in [3.8, 4) is 0 Å². The summed E-state index contributed by atoms with van der Waals surface area (Å²) in [7, 11) is 1.88. The van der Waals surface area contributed by atoms with Gasteiger partial charge in [0, 0.05) is 24.5 Å². The standard InChI is InChI=1S/C11H12N4S/c1-15-7-10(6-13-15)14-9-4-2-8(3-5-9)11(12)16/h2-7,14H,1H3,(H2,12,16). The summed E-state index contributed by atoms with van der Waals surface area (Å²) in [4.78, 5) is 0.410. The summed E-state index contributed by atoms with van der Waals surface area (Å²) in [6.45, 7) is 0. The van der Waals surface area contributed by atoms with Gasteiger partial charge in [0.15, 0.2) is 0 Å². The Hall–Kier alpha value is -1.88. The van der Waals surface area contributed by atoms with E-state index in [1.807, 2.05) is 37.5 Å². The van der Waals surface area contributed by atoms with Crippen molar-refractivity contribution < 1.29 is 0 Å². The van der Waals surface area contributed by atoms with E-state index in [1.54, 1.807) is 10.9 Å². The molecule has 2 aromatic rings. The van der Waals surface area contributed by atoms with Crippen molar-refractivity contribution in [3.05, 3.63) is 42.2 Å². The van der Waals surface area contributed by atoms with Gasteiger partial charge in [0.25, 0.3) is 0 Å². The molecule has 0 saturated heterocycles. The molecule has 0 aliphatic carbocycles. The SMILES string of the molecule is Cn1cc(Nc2ccc(C(N)=S)cc2)cn1. The number of nitrogens with one attached hydrogen (secondary N) is 1. The Labute approximate surface area is 99.1 Å². The van der Waals surface area contributed by atoms with Crippen LogP contribution in [0.4, 0.5) is 11.4 Å². The number of nitrogens with zero attached hydrogens (tertiary/aromatic N) is 2. The molecule has 5 heteroatoms. The zero-order valence-corrected chi connectivity index (χ0v) is 9.66. The van der Waals surface area contributed by atoms with Gasteiger partial charge >= 0.3 is 0 Å². The monoisotopic (exact) mass is 232 g/mol. The second-order valence-electron chi connectivity index (χ2n) is 3.47. The third kappa shape index (κ3) is 2.38. The van der Waals surface area contributed by atoms with E-state index < -0.39 is 0 Å². The molecule has 1 aromatic heterocycles. The summed E-state index contributed by atoms with van der Waals surface area (Å²) in [6.07, 6.45) is 3.67. The first kappa shape index (κ1) is 10.6. The van der Waals surface area contributed by atoms with Gasteiger partial charge in [-0.1, -0.05) is 12.2 Å². The Kier molecular flexibility index (Phi) is 2.87. The molecule has 0 saturated carbocycles. The van der Waals surface area contributed by atoms with Crippen LogP contribution >= 0.6 is 12.2 Å². The van der Waals surface area contributed by atoms with Gasteiger partial charge in [0.2, 0.25) is 0 Å². The van der Waals surface area contributed by atoms with E-state index in [2.05, 4.69) is 10.4 Å². The van der Waals surface area contributed by atoms with Crippen LogP contribution in [0.5, 0.6) is 0 Å². The average Bonchev–Trinajstić information content (AvgIpc) is 2.65. The number of thiocarbonyl (C=S) groups is 1. The molecule has 0 aliphatic rings. The van der Waals surface area contributed by atoms with Gasteiger partial charge in [-0.15, -0.1) is 0 Å². The van der Waals surface area contributed by atoms with Gasteiger partial charge in [0.1, 0.15) is 4.99 Å². The summed E-state index contributed by atoms with van der Waals surface area (Å²) in [6, 6.07) is 7.64. The number of aromatic nitrogens is 2. The van der Waals surface area contributed by atoms with Crippen LogP contribution in [0.1, 0.15) is 5.56 Å². The van der Waals surface area contributed by atoms with Crippen LogP contribution in [0.3, 0.4) is 0 Å². The van der Waals surface area contributed by atoms with Crippen molar-refractivity contribution in [2.75, 3.05) is 5.32 Å². The fourth-order valence-electron chi connectivity index (χ4n) is 1.37. The number of aryl methyl sites for hydroxylation is 1. The van der Waals surface area contributed by atoms with Crippen molar-refractivity contribution in [2.24, 2.45) is 12.8 Å². The highest BCUT2D eigenvalue weighted by atomic mass is 32.1. The van der Waals surface area contributed by atoms with Gasteiger partial charge < -0.3 is 11.1 Å². The molecular weight excluding hydrogens is 220 g/mol. The van der Waals surface area contributed by atoms with Crippen LogP contribution in [0.2, 0.25) is 0 Å². The van der Waals surface area contributed by atoms with E-state index in [1.165, 1.54) is 0 Å². The van der Waals surface area contributed by atoms with E-state index in [0.29, 0.717) is 4.99 Å². The van der Waals surface area contributed by atoms with Gasteiger partial charge in [-0.05, 0) is 24.3 Å². The lowest BCUT2D eigenvalue weighted by atomic mass is 10.2. The highest BCUT2D eigenvalue weighted by Crippen LogP contribution is 2.15. The molecule has 1 aromatic carbocycles. The number of rotatable bonds is 3. The van der Waals surface area contributed by atoms with Crippen LogP contribution < -0.4 is 11.1 Å². The molecule has 0 unspecified atom stereocenters. The zero-order valence-electron chi connectivity index (χ0n) is 8.84. The highest BCUT2D eigenvalue weighted by molar-refractivity contribution is 7.80. The second kappa shape index (κ2) is 4.32. The smallest absolute Gasteiger partial charge is 0.103 e. The molecule has 0 radical (unpaired) electrons. The normalized spacial score (nSPS) is 10.1. The molecule has 0 spiro atoms. The molecule has 82 valence electrons. The maximum absolute atomic E-state index is 5.52. The van der Waals surface area contributed by atoms with E-state index in [4.69, 9.17) is 18.0 Å². The molecule has 0 amide bonds. The van der Waals surface area contributed by atoms with Gasteiger partial charge in [-0.3, -0.25) is 4.68 Å². The van der Waals surface area contributed by atoms with Gasteiger partial charge in [0.05, 0.1) is 11.9 Å². The number of hydrogen-bond acceptors (Lipinski definition) is 3. The first-order valence-corrected chi connectivity index (χ1v) is 5.21. The Morgan fingerprint density at radius 1 is 1.31 bits per heavy atom. The number of anilines is 2. The Morgan fingerprint density at radius 3 is 2.50 bits per heavy atom. The highest BCUT2D eigenvalue weighted by Gasteiger charge is 1.98. The van der Waals surface area contributed by atoms with Crippen molar-refractivity contribution in [1.29, 1.82) is 0 Å². The predicted octanol–water partition coefficient (Wildman–Crippen LogP) is 1.80. The molecule has 3 N–H and O–H groups in total. The number of hydrogen-bond donors (Lipinski definition) is 2. The Balaban J connectivity index is 2.14. The van der Waals surface area contributed by atoms with Gasteiger partial charge in [-0.2, -0.15) is 5.10 Å². The summed E-state index contributed by atoms with van der Waals surface area (Å²) >= 11 is 4.88. The molecule has 0 atom stereocenters. The zero-order chi connectivity index (χ0) is 11.5. The van der Waals surface area contributed by atoms with Crippen LogP contribution in [0.25, 0.3) is 0 Å². The van der Waals surface area contributed by atoms with Crippen molar-refractivity contribution in [2.45, 2.75) is 0 Å². The van der Waals surface area contributed by atoms with E-state index in [-0.39, 0.29) is 0 Å². The fraction of sp³-hybridized carbons (Fsp3) is 0.0909. The molecule has 4 nitrogen and oxygen atoms in total. The Morgan fingerprint density at radius 2 is 2.00 bits per heavy atom. The quantitative estimate of drug-likeness (QED) is 0.792. The fourth-order valence-corrected chi connectivity index (χ4v) is 1.51. The maximum atomic E-state index is 5.52. The lowest BCUT2D eigenvalue weighted by Gasteiger charge is -2.04. The maximum Gasteiger partial charge on any atom is 0.103 e. The molecule has 0 aliphatic heterocycles. The third-order valence-corrected chi connectivity index (χ3v) is 2.40. The van der Waals surface area contributed by atoms with Crippen LogP contribution in [0, 0.1) is 0 Å². The molecule has 1 heterocycles. The summed E-state index contributed by atoms with van der Waals surface area (Å²) in [5.74, 6) is 0. The molecular formula is C11H12N4S. The lowest BCUT2D eigenvalue weighted by Crippen LogP contribution is -2.08. The van der Waals surface area contributed by atoms with E-state index in [9.17, 15) is 0 Å².